The predicted octanol–water partition coefficient (Wildman–Crippen LogP) is 2.76. The van der Waals surface area contributed by atoms with Crippen molar-refractivity contribution in [2.75, 3.05) is 5.73 Å². The van der Waals surface area contributed by atoms with Gasteiger partial charge in [0.25, 0.3) is 0 Å². The van der Waals surface area contributed by atoms with Gasteiger partial charge in [-0.15, -0.1) is 5.10 Å². The molecule has 0 spiro atoms. The maximum absolute atomic E-state index is 13.6. The first kappa shape index (κ1) is 13.5. The maximum Gasteiger partial charge on any atom is 0.182 e. The van der Waals surface area contributed by atoms with Crippen LogP contribution in [0.5, 0.6) is 0 Å². The van der Waals surface area contributed by atoms with Crippen LogP contribution >= 0.6 is 11.6 Å². The van der Waals surface area contributed by atoms with Crippen molar-refractivity contribution in [2.45, 2.75) is 6.54 Å². The molecule has 3 aromatic rings. The summed E-state index contributed by atoms with van der Waals surface area (Å²) in [4.78, 5) is 0. The van der Waals surface area contributed by atoms with E-state index in [-0.39, 0.29) is 5.69 Å². The molecular formula is C14H11ClFN5. The average Bonchev–Trinajstić information content (AvgIpc) is 2.92. The van der Waals surface area contributed by atoms with Crippen LogP contribution in [0.25, 0.3) is 11.4 Å². The van der Waals surface area contributed by atoms with E-state index in [1.807, 2.05) is 12.1 Å². The molecule has 2 N–H and O–H groups in total. The zero-order chi connectivity index (χ0) is 14.8. The Kier molecular flexibility index (Phi) is 3.53. The lowest BCUT2D eigenvalue weighted by molar-refractivity contribution is 0.631. The zero-order valence-electron chi connectivity index (χ0n) is 10.9. The number of aromatic nitrogens is 4. The number of nitrogen functional groups attached to an aromatic ring is 1. The highest BCUT2D eigenvalue weighted by molar-refractivity contribution is 6.30. The lowest BCUT2D eigenvalue weighted by Gasteiger charge is -2.06. The Balaban J connectivity index is 1.93. The Hall–Kier alpha value is -2.47. The van der Waals surface area contributed by atoms with Gasteiger partial charge in [-0.2, -0.15) is 0 Å². The fraction of sp³-hybridized carbons (Fsp3) is 0.0714. The molecule has 0 aliphatic rings. The third kappa shape index (κ3) is 2.85. The molecule has 3 rings (SSSR count). The second-order valence-corrected chi connectivity index (χ2v) is 4.96. The number of hydrogen-bond donors (Lipinski definition) is 1. The predicted molar refractivity (Wildman–Crippen MR) is 78.2 cm³/mol. The molecule has 0 bridgehead atoms. The van der Waals surface area contributed by atoms with E-state index in [4.69, 9.17) is 17.3 Å². The van der Waals surface area contributed by atoms with Crippen LogP contribution in [0.4, 0.5) is 10.1 Å². The molecule has 0 aliphatic carbocycles. The van der Waals surface area contributed by atoms with Gasteiger partial charge in [-0.3, -0.25) is 0 Å². The van der Waals surface area contributed by atoms with Gasteiger partial charge in [-0.25, -0.2) is 9.07 Å². The van der Waals surface area contributed by atoms with E-state index >= 15 is 0 Å². The van der Waals surface area contributed by atoms with Gasteiger partial charge in [0.2, 0.25) is 0 Å². The molecule has 1 aromatic heterocycles. The van der Waals surface area contributed by atoms with Crippen LogP contribution in [0, 0.1) is 5.82 Å². The van der Waals surface area contributed by atoms with E-state index in [0.717, 1.165) is 5.56 Å². The number of hydrogen-bond acceptors (Lipinski definition) is 4. The fourth-order valence-electron chi connectivity index (χ4n) is 1.95. The third-order valence-electron chi connectivity index (χ3n) is 3.04. The number of halogens is 2. The molecule has 0 fully saturated rings. The molecule has 0 saturated heterocycles. The van der Waals surface area contributed by atoms with Gasteiger partial charge in [0.05, 0.1) is 12.2 Å². The fourth-order valence-corrected chi connectivity index (χ4v) is 2.07. The molecule has 2 aromatic carbocycles. The van der Waals surface area contributed by atoms with E-state index in [1.54, 1.807) is 22.9 Å². The first-order chi connectivity index (χ1) is 10.1. The van der Waals surface area contributed by atoms with E-state index in [9.17, 15) is 4.39 Å². The summed E-state index contributed by atoms with van der Waals surface area (Å²) >= 11 is 5.85. The van der Waals surface area contributed by atoms with Crippen molar-refractivity contribution in [3.05, 3.63) is 58.9 Å². The number of nitrogens with zero attached hydrogens (tertiary/aromatic N) is 4. The number of nitrogens with two attached hydrogens (primary N) is 1. The van der Waals surface area contributed by atoms with E-state index in [1.165, 1.54) is 12.1 Å². The largest absolute Gasteiger partial charge is 0.396 e. The zero-order valence-corrected chi connectivity index (χ0v) is 11.6. The highest BCUT2D eigenvalue weighted by Gasteiger charge is 2.11. The van der Waals surface area contributed by atoms with Crippen molar-refractivity contribution in [1.29, 1.82) is 0 Å². The Morgan fingerprint density at radius 1 is 1.14 bits per heavy atom. The number of anilines is 1. The Morgan fingerprint density at radius 3 is 2.62 bits per heavy atom. The number of rotatable bonds is 3. The number of tetrazole rings is 1. The molecule has 0 saturated carbocycles. The van der Waals surface area contributed by atoms with Gasteiger partial charge in [0.1, 0.15) is 5.82 Å². The summed E-state index contributed by atoms with van der Waals surface area (Å²) in [6, 6.07) is 11.9. The summed E-state index contributed by atoms with van der Waals surface area (Å²) in [5.74, 6) is -0.0163. The second kappa shape index (κ2) is 5.49. The molecule has 5 nitrogen and oxygen atoms in total. The summed E-state index contributed by atoms with van der Waals surface area (Å²) in [6.45, 7) is 0.464. The number of benzene rings is 2. The third-order valence-corrected chi connectivity index (χ3v) is 3.29. The molecule has 0 aliphatic heterocycles. The Morgan fingerprint density at radius 2 is 1.90 bits per heavy atom. The van der Waals surface area contributed by atoms with Crippen LogP contribution in [0.2, 0.25) is 5.02 Å². The summed E-state index contributed by atoms with van der Waals surface area (Å²) < 4.78 is 15.1. The molecule has 7 heteroatoms. The second-order valence-electron chi connectivity index (χ2n) is 4.52. The topological polar surface area (TPSA) is 69.6 Å². The van der Waals surface area contributed by atoms with Crippen molar-refractivity contribution in [3.8, 4) is 11.4 Å². The quantitative estimate of drug-likeness (QED) is 0.755. The van der Waals surface area contributed by atoms with E-state index in [0.29, 0.717) is 23.0 Å². The molecule has 21 heavy (non-hydrogen) atoms. The maximum atomic E-state index is 13.6. The van der Waals surface area contributed by atoms with Crippen molar-refractivity contribution in [1.82, 2.24) is 20.2 Å². The minimum absolute atomic E-state index is 0.0930. The van der Waals surface area contributed by atoms with Gasteiger partial charge in [-0.05, 0) is 46.3 Å². The van der Waals surface area contributed by atoms with Crippen molar-refractivity contribution in [3.63, 3.8) is 0 Å². The smallest absolute Gasteiger partial charge is 0.182 e. The molecule has 106 valence electrons. The van der Waals surface area contributed by atoms with Crippen LogP contribution < -0.4 is 5.73 Å². The Labute approximate surface area is 125 Å². The molecule has 0 unspecified atom stereocenters. The summed E-state index contributed by atoms with van der Waals surface area (Å²) in [7, 11) is 0. The molecule has 0 radical (unpaired) electrons. The molecule has 1 heterocycles. The molecular weight excluding hydrogens is 293 g/mol. The monoisotopic (exact) mass is 303 g/mol. The van der Waals surface area contributed by atoms with Gasteiger partial charge >= 0.3 is 0 Å². The standard InChI is InChI=1S/C14H11ClFN5/c15-11-4-1-9(2-5-11)8-21-14(18-19-20-21)10-3-6-13(17)12(16)7-10/h1-7H,8,17H2. The van der Waals surface area contributed by atoms with Crippen molar-refractivity contribution < 1.29 is 4.39 Å². The first-order valence-corrected chi connectivity index (χ1v) is 6.57. The van der Waals surface area contributed by atoms with Crippen LogP contribution in [0.3, 0.4) is 0 Å². The van der Waals surface area contributed by atoms with Gasteiger partial charge in [0.15, 0.2) is 5.82 Å². The van der Waals surface area contributed by atoms with Crippen LogP contribution in [-0.2, 0) is 6.54 Å². The lowest BCUT2D eigenvalue weighted by atomic mass is 10.1. The van der Waals surface area contributed by atoms with Crippen LogP contribution in [-0.4, -0.2) is 20.2 Å². The van der Waals surface area contributed by atoms with Gasteiger partial charge in [-0.1, -0.05) is 23.7 Å². The highest BCUT2D eigenvalue weighted by Crippen LogP contribution is 2.21. The lowest BCUT2D eigenvalue weighted by Crippen LogP contribution is -2.04. The normalized spacial score (nSPS) is 10.8. The highest BCUT2D eigenvalue weighted by atomic mass is 35.5. The van der Waals surface area contributed by atoms with Gasteiger partial charge in [0, 0.05) is 10.6 Å². The van der Waals surface area contributed by atoms with Gasteiger partial charge < -0.3 is 5.73 Å². The first-order valence-electron chi connectivity index (χ1n) is 6.19. The van der Waals surface area contributed by atoms with Crippen LogP contribution in [0.1, 0.15) is 5.56 Å². The molecule has 0 atom stereocenters. The van der Waals surface area contributed by atoms with E-state index < -0.39 is 5.82 Å². The van der Waals surface area contributed by atoms with Crippen molar-refractivity contribution >= 4 is 17.3 Å². The Bertz CT molecular complexity index is 769. The SMILES string of the molecule is Nc1ccc(-c2nnnn2Cc2ccc(Cl)cc2)cc1F. The summed E-state index contributed by atoms with van der Waals surface area (Å²) in [5, 5.41) is 12.2. The van der Waals surface area contributed by atoms with Crippen molar-refractivity contribution in [2.24, 2.45) is 0 Å². The minimum Gasteiger partial charge on any atom is -0.396 e. The minimum atomic E-state index is -0.492. The summed E-state index contributed by atoms with van der Waals surface area (Å²) in [5.41, 5.74) is 7.12. The van der Waals surface area contributed by atoms with Crippen LogP contribution in [0.15, 0.2) is 42.5 Å². The average molecular weight is 304 g/mol. The summed E-state index contributed by atoms with van der Waals surface area (Å²) in [6.07, 6.45) is 0. The van der Waals surface area contributed by atoms with E-state index in [2.05, 4.69) is 15.5 Å². The molecule has 0 amide bonds.